The maximum absolute atomic E-state index is 5.35. The van der Waals surface area contributed by atoms with Crippen molar-refractivity contribution in [2.24, 2.45) is 5.92 Å². The Hall–Kier alpha value is -2.30. The first-order valence-corrected chi connectivity index (χ1v) is 7.61. The van der Waals surface area contributed by atoms with Crippen LogP contribution >= 0.6 is 0 Å². The lowest BCUT2D eigenvalue weighted by molar-refractivity contribution is 0.410. The number of nitrogens with zero attached hydrogens (tertiary/aromatic N) is 2. The van der Waals surface area contributed by atoms with Crippen molar-refractivity contribution >= 4 is 11.8 Å². The van der Waals surface area contributed by atoms with Gasteiger partial charge in [0.1, 0.15) is 11.6 Å². The minimum Gasteiger partial charge on any atom is -0.496 e. The number of aromatic nitrogens is 2. The molecule has 0 unspecified atom stereocenters. The molecule has 1 heterocycles. The zero-order valence-electron chi connectivity index (χ0n) is 13.5. The smallest absolute Gasteiger partial charge is 0.224 e. The number of rotatable bonds is 8. The second-order valence-corrected chi connectivity index (χ2v) is 5.54. The summed E-state index contributed by atoms with van der Waals surface area (Å²) in [5, 5.41) is 6.55. The van der Waals surface area contributed by atoms with E-state index in [2.05, 4.69) is 34.4 Å². The zero-order valence-corrected chi connectivity index (χ0v) is 13.5. The molecule has 2 aromatic rings. The number of para-hydroxylation sites is 1. The van der Waals surface area contributed by atoms with E-state index in [1.54, 1.807) is 13.3 Å². The topological polar surface area (TPSA) is 59.1 Å². The number of anilines is 2. The molecule has 0 atom stereocenters. The fourth-order valence-electron chi connectivity index (χ4n) is 2.05. The summed E-state index contributed by atoms with van der Waals surface area (Å²) < 4.78 is 5.35. The van der Waals surface area contributed by atoms with Crippen LogP contribution in [0.5, 0.6) is 5.75 Å². The molecule has 0 spiro atoms. The molecule has 5 heteroatoms. The molecule has 0 fully saturated rings. The van der Waals surface area contributed by atoms with E-state index >= 15 is 0 Å². The fraction of sp³-hybridized carbons (Fsp3) is 0.412. The summed E-state index contributed by atoms with van der Waals surface area (Å²) in [7, 11) is 1.68. The summed E-state index contributed by atoms with van der Waals surface area (Å²) >= 11 is 0. The Bertz CT molecular complexity index is 586. The lowest BCUT2D eigenvalue weighted by Gasteiger charge is -2.11. The SMILES string of the molecule is COc1ccccc1CNc1ccnc(NCCC(C)C)n1. The Morgan fingerprint density at radius 2 is 1.95 bits per heavy atom. The van der Waals surface area contributed by atoms with E-state index in [1.165, 1.54) is 0 Å². The van der Waals surface area contributed by atoms with Gasteiger partial charge in [-0.05, 0) is 24.5 Å². The van der Waals surface area contributed by atoms with Crippen LogP contribution in [0.3, 0.4) is 0 Å². The second kappa shape index (κ2) is 8.22. The minimum atomic E-state index is 0.658. The highest BCUT2D eigenvalue weighted by Crippen LogP contribution is 2.18. The molecule has 0 bridgehead atoms. The lowest BCUT2D eigenvalue weighted by Crippen LogP contribution is -2.09. The quantitative estimate of drug-likeness (QED) is 0.780. The zero-order chi connectivity index (χ0) is 15.8. The first kappa shape index (κ1) is 16.1. The molecule has 0 saturated carbocycles. The van der Waals surface area contributed by atoms with E-state index < -0.39 is 0 Å². The van der Waals surface area contributed by atoms with Gasteiger partial charge in [-0.15, -0.1) is 0 Å². The molecule has 1 aromatic heterocycles. The molecule has 1 aromatic carbocycles. The van der Waals surface area contributed by atoms with E-state index in [1.807, 2.05) is 30.3 Å². The number of hydrogen-bond acceptors (Lipinski definition) is 5. The fourth-order valence-corrected chi connectivity index (χ4v) is 2.05. The average Bonchev–Trinajstić information content (AvgIpc) is 2.53. The van der Waals surface area contributed by atoms with Crippen molar-refractivity contribution in [2.45, 2.75) is 26.8 Å². The van der Waals surface area contributed by atoms with Gasteiger partial charge in [-0.25, -0.2) is 4.98 Å². The number of nitrogens with one attached hydrogen (secondary N) is 2. The van der Waals surface area contributed by atoms with Gasteiger partial charge in [0.2, 0.25) is 5.95 Å². The third-order valence-corrected chi connectivity index (χ3v) is 3.31. The van der Waals surface area contributed by atoms with Gasteiger partial charge >= 0.3 is 0 Å². The summed E-state index contributed by atoms with van der Waals surface area (Å²) in [6, 6.07) is 9.82. The highest BCUT2D eigenvalue weighted by molar-refractivity contribution is 5.42. The van der Waals surface area contributed by atoms with Crippen LogP contribution in [0.1, 0.15) is 25.8 Å². The summed E-state index contributed by atoms with van der Waals surface area (Å²) in [6.45, 7) is 5.95. The Labute approximate surface area is 132 Å². The van der Waals surface area contributed by atoms with Crippen molar-refractivity contribution < 1.29 is 4.74 Å². The van der Waals surface area contributed by atoms with Crippen molar-refractivity contribution in [1.82, 2.24) is 9.97 Å². The molecule has 0 radical (unpaired) electrons. The largest absolute Gasteiger partial charge is 0.496 e. The van der Waals surface area contributed by atoms with Crippen LogP contribution in [0.2, 0.25) is 0 Å². The lowest BCUT2D eigenvalue weighted by atomic mass is 10.1. The van der Waals surface area contributed by atoms with Gasteiger partial charge in [-0.3, -0.25) is 0 Å². The number of benzene rings is 1. The van der Waals surface area contributed by atoms with E-state index in [0.29, 0.717) is 18.4 Å². The average molecular weight is 300 g/mol. The predicted molar refractivity (Wildman–Crippen MR) is 90.3 cm³/mol. The van der Waals surface area contributed by atoms with Crippen LogP contribution < -0.4 is 15.4 Å². The third-order valence-electron chi connectivity index (χ3n) is 3.31. The predicted octanol–water partition coefficient (Wildman–Crippen LogP) is 3.56. The highest BCUT2D eigenvalue weighted by atomic mass is 16.5. The standard InChI is InChI=1S/C17H24N4O/c1-13(2)8-10-18-17-19-11-9-16(21-17)20-12-14-6-4-5-7-15(14)22-3/h4-7,9,11,13H,8,10,12H2,1-3H3,(H2,18,19,20,21). The summed E-state index contributed by atoms with van der Waals surface area (Å²) in [6.07, 6.45) is 2.86. The Morgan fingerprint density at radius 3 is 2.73 bits per heavy atom. The van der Waals surface area contributed by atoms with Gasteiger partial charge < -0.3 is 15.4 Å². The van der Waals surface area contributed by atoms with Crippen molar-refractivity contribution in [3.05, 3.63) is 42.1 Å². The van der Waals surface area contributed by atoms with E-state index in [9.17, 15) is 0 Å². The first-order valence-electron chi connectivity index (χ1n) is 7.61. The monoisotopic (exact) mass is 300 g/mol. The van der Waals surface area contributed by atoms with E-state index in [0.717, 1.165) is 30.1 Å². The molecule has 0 aliphatic carbocycles. The van der Waals surface area contributed by atoms with Crippen molar-refractivity contribution in [2.75, 3.05) is 24.3 Å². The van der Waals surface area contributed by atoms with Crippen LogP contribution in [0.15, 0.2) is 36.5 Å². The molecule has 2 rings (SSSR count). The molecule has 118 valence electrons. The molecule has 5 nitrogen and oxygen atoms in total. The molecular weight excluding hydrogens is 276 g/mol. The summed E-state index contributed by atoms with van der Waals surface area (Å²) in [5.41, 5.74) is 1.10. The maximum Gasteiger partial charge on any atom is 0.224 e. The van der Waals surface area contributed by atoms with E-state index in [-0.39, 0.29) is 0 Å². The first-order chi connectivity index (χ1) is 10.7. The Morgan fingerprint density at radius 1 is 1.14 bits per heavy atom. The summed E-state index contributed by atoms with van der Waals surface area (Å²) in [4.78, 5) is 8.70. The van der Waals surface area contributed by atoms with Crippen LogP contribution in [0, 0.1) is 5.92 Å². The molecule has 2 N–H and O–H groups in total. The molecule has 0 saturated heterocycles. The molecular formula is C17H24N4O. The minimum absolute atomic E-state index is 0.658. The van der Waals surface area contributed by atoms with Gasteiger partial charge in [0.15, 0.2) is 0 Å². The van der Waals surface area contributed by atoms with Gasteiger partial charge in [-0.2, -0.15) is 4.98 Å². The van der Waals surface area contributed by atoms with Gasteiger partial charge in [0.05, 0.1) is 7.11 Å². The molecule has 0 aliphatic heterocycles. The van der Waals surface area contributed by atoms with Crippen molar-refractivity contribution in [1.29, 1.82) is 0 Å². The summed E-state index contributed by atoms with van der Waals surface area (Å²) in [5.74, 6) is 3.00. The van der Waals surface area contributed by atoms with Crippen LogP contribution in [0.25, 0.3) is 0 Å². The maximum atomic E-state index is 5.35. The van der Waals surface area contributed by atoms with Crippen molar-refractivity contribution in [3.63, 3.8) is 0 Å². The van der Waals surface area contributed by atoms with Gasteiger partial charge in [0, 0.05) is 24.8 Å². The van der Waals surface area contributed by atoms with Gasteiger partial charge in [-0.1, -0.05) is 32.0 Å². The van der Waals surface area contributed by atoms with Gasteiger partial charge in [0.25, 0.3) is 0 Å². The Balaban J connectivity index is 1.92. The number of methoxy groups -OCH3 is 1. The van der Waals surface area contributed by atoms with Crippen LogP contribution in [-0.4, -0.2) is 23.6 Å². The molecule has 0 amide bonds. The van der Waals surface area contributed by atoms with E-state index in [4.69, 9.17) is 4.74 Å². The van der Waals surface area contributed by atoms with Crippen LogP contribution in [-0.2, 0) is 6.54 Å². The van der Waals surface area contributed by atoms with Crippen molar-refractivity contribution in [3.8, 4) is 5.75 Å². The molecule has 0 aliphatic rings. The number of hydrogen-bond donors (Lipinski definition) is 2. The van der Waals surface area contributed by atoms with Crippen LogP contribution in [0.4, 0.5) is 11.8 Å². The second-order valence-electron chi connectivity index (χ2n) is 5.54. The Kier molecular flexibility index (Phi) is 6.01. The third kappa shape index (κ3) is 4.91. The number of ether oxygens (including phenoxy) is 1. The highest BCUT2D eigenvalue weighted by Gasteiger charge is 2.03. The normalized spacial score (nSPS) is 10.5. The molecule has 22 heavy (non-hydrogen) atoms.